The summed E-state index contributed by atoms with van der Waals surface area (Å²) in [5.74, 6) is 0.591. The molecule has 0 spiro atoms. The van der Waals surface area contributed by atoms with Crippen LogP contribution in [0.4, 0.5) is 0 Å². The Balaban J connectivity index is 2.16. The molecule has 83 valence electrons. The first-order valence-corrected chi connectivity index (χ1v) is 5.10. The second-order valence-electron chi connectivity index (χ2n) is 3.49. The Bertz CT molecular complexity index is 645. The molecule has 5 nitrogen and oxygen atoms in total. The second kappa shape index (κ2) is 3.86. The molecule has 17 heavy (non-hydrogen) atoms. The van der Waals surface area contributed by atoms with Crippen molar-refractivity contribution in [1.29, 1.82) is 0 Å². The molecule has 0 atom stereocenters. The van der Waals surface area contributed by atoms with Gasteiger partial charge in [-0.15, -0.1) is 5.10 Å². The van der Waals surface area contributed by atoms with E-state index in [2.05, 4.69) is 21.4 Å². The highest BCUT2D eigenvalue weighted by Crippen LogP contribution is 2.23. The third kappa shape index (κ3) is 1.61. The van der Waals surface area contributed by atoms with Crippen LogP contribution in [0.25, 0.3) is 16.8 Å². The predicted octanol–water partition coefficient (Wildman–Crippen LogP) is 1.60. The minimum Gasteiger partial charge on any atom is -0.481 e. The summed E-state index contributed by atoms with van der Waals surface area (Å²) in [4.78, 5) is 8.28. The van der Waals surface area contributed by atoms with Crippen LogP contribution in [-0.2, 0) is 0 Å². The maximum absolute atomic E-state index is 5.03. The van der Waals surface area contributed by atoms with Crippen molar-refractivity contribution in [1.82, 2.24) is 19.6 Å². The van der Waals surface area contributed by atoms with Gasteiger partial charge in [0.25, 0.3) is 0 Å². The second-order valence-corrected chi connectivity index (χ2v) is 3.49. The highest BCUT2D eigenvalue weighted by molar-refractivity contribution is 5.76. The van der Waals surface area contributed by atoms with Gasteiger partial charge in [-0.3, -0.25) is 0 Å². The molecule has 0 N–H and O–H groups in total. The van der Waals surface area contributed by atoms with Gasteiger partial charge in [0, 0.05) is 29.6 Å². The number of hydrogen-bond donors (Lipinski definition) is 0. The molecule has 0 aliphatic rings. The average Bonchev–Trinajstić information content (AvgIpc) is 2.87. The zero-order valence-corrected chi connectivity index (χ0v) is 9.16. The topological polar surface area (TPSA) is 52.3 Å². The van der Waals surface area contributed by atoms with E-state index >= 15 is 0 Å². The molecule has 1 radical (unpaired) electrons. The Morgan fingerprint density at radius 1 is 1.29 bits per heavy atom. The molecule has 0 aliphatic heterocycles. The lowest BCUT2D eigenvalue weighted by Gasteiger charge is -2.03. The SMILES string of the molecule is COc1ccc(-c2cccn3n[c]nc23)cn1. The van der Waals surface area contributed by atoms with Gasteiger partial charge < -0.3 is 4.74 Å². The van der Waals surface area contributed by atoms with E-state index in [1.807, 2.05) is 30.5 Å². The van der Waals surface area contributed by atoms with Crippen molar-refractivity contribution in [3.05, 3.63) is 43.0 Å². The molecule has 0 amide bonds. The van der Waals surface area contributed by atoms with Crippen molar-refractivity contribution in [2.75, 3.05) is 7.11 Å². The van der Waals surface area contributed by atoms with Gasteiger partial charge in [0.1, 0.15) is 0 Å². The standard InChI is InChI=1S/C12H9N4O/c1-17-11-5-4-9(7-13-11)10-3-2-6-16-12(10)14-8-15-16/h2-7H,1H3. The smallest absolute Gasteiger partial charge is 0.221 e. The van der Waals surface area contributed by atoms with Crippen LogP contribution in [0.5, 0.6) is 5.88 Å². The van der Waals surface area contributed by atoms with Gasteiger partial charge in [-0.2, -0.15) is 0 Å². The van der Waals surface area contributed by atoms with E-state index < -0.39 is 0 Å². The van der Waals surface area contributed by atoms with Crippen LogP contribution in [0.3, 0.4) is 0 Å². The fourth-order valence-electron chi connectivity index (χ4n) is 1.69. The molecule has 0 unspecified atom stereocenters. The zero-order valence-electron chi connectivity index (χ0n) is 9.16. The van der Waals surface area contributed by atoms with Crippen LogP contribution in [0.2, 0.25) is 0 Å². The molecular weight excluding hydrogens is 216 g/mol. The molecule has 0 bridgehead atoms. The number of fused-ring (bicyclic) bond motifs is 1. The quantitative estimate of drug-likeness (QED) is 0.664. The Morgan fingerprint density at radius 3 is 3.00 bits per heavy atom. The fourth-order valence-corrected chi connectivity index (χ4v) is 1.69. The lowest BCUT2D eigenvalue weighted by atomic mass is 10.1. The first-order valence-electron chi connectivity index (χ1n) is 5.10. The van der Waals surface area contributed by atoms with E-state index in [1.165, 1.54) is 0 Å². The summed E-state index contributed by atoms with van der Waals surface area (Å²) in [5.41, 5.74) is 2.70. The van der Waals surface area contributed by atoms with Crippen molar-refractivity contribution in [3.8, 4) is 17.0 Å². The summed E-state index contributed by atoms with van der Waals surface area (Å²) in [6, 6.07) is 7.64. The molecule has 3 aromatic rings. The van der Waals surface area contributed by atoms with Crippen LogP contribution in [0.15, 0.2) is 36.7 Å². The number of aromatic nitrogens is 4. The first kappa shape index (κ1) is 9.77. The number of rotatable bonds is 2. The van der Waals surface area contributed by atoms with E-state index in [9.17, 15) is 0 Å². The number of methoxy groups -OCH3 is 1. The minimum atomic E-state index is 0.591. The summed E-state index contributed by atoms with van der Waals surface area (Å²) in [7, 11) is 1.59. The van der Waals surface area contributed by atoms with Crippen LogP contribution in [-0.4, -0.2) is 26.7 Å². The van der Waals surface area contributed by atoms with Crippen molar-refractivity contribution in [2.24, 2.45) is 0 Å². The predicted molar refractivity (Wildman–Crippen MR) is 61.6 cm³/mol. The van der Waals surface area contributed by atoms with Crippen molar-refractivity contribution in [3.63, 3.8) is 0 Å². The summed E-state index contributed by atoms with van der Waals surface area (Å²) < 4.78 is 6.71. The summed E-state index contributed by atoms with van der Waals surface area (Å²) >= 11 is 0. The molecule has 3 rings (SSSR count). The van der Waals surface area contributed by atoms with Crippen LogP contribution in [0.1, 0.15) is 0 Å². The maximum Gasteiger partial charge on any atom is 0.221 e. The Hall–Kier alpha value is -2.43. The van der Waals surface area contributed by atoms with Gasteiger partial charge in [-0.25, -0.2) is 14.5 Å². The monoisotopic (exact) mass is 225 g/mol. The molecule has 0 saturated carbocycles. The maximum atomic E-state index is 5.03. The van der Waals surface area contributed by atoms with Crippen LogP contribution < -0.4 is 4.74 Å². The third-order valence-electron chi connectivity index (χ3n) is 2.51. The van der Waals surface area contributed by atoms with Crippen molar-refractivity contribution >= 4 is 5.65 Å². The Labute approximate surface area is 97.7 Å². The van der Waals surface area contributed by atoms with Crippen molar-refractivity contribution in [2.45, 2.75) is 0 Å². The van der Waals surface area contributed by atoms with Crippen LogP contribution >= 0.6 is 0 Å². The highest BCUT2D eigenvalue weighted by atomic mass is 16.5. The number of ether oxygens (including phenoxy) is 1. The highest BCUT2D eigenvalue weighted by Gasteiger charge is 2.06. The molecule has 3 heterocycles. The normalized spacial score (nSPS) is 10.6. The van der Waals surface area contributed by atoms with Gasteiger partial charge in [0.15, 0.2) is 5.65 Å². The first-order chi connectivity index (χ1) is 8.38. The van der Waals surface area contributed by atoms with Gasteiger partial charge in [0.2, 0.25) is 12.2 Å². The van der Waals surface area contributed by atoms with Gasteiger partial charge in [0.05, 0.1) is 7.11 Å². The van der Waals surface area contributed by atoms with Gasteiger partial charge >= 0.3 is 0 Å². The van der Waals surface area contributed by atoms with Gasteiger partial charge in [-0.05, 0) is 18.2 Å². The molecule has 3 aromatic heterocycles. The molecular formula is C12H9N4O. The molecule has 5 heteroatoms. The number of nitrogens with zero attached hydrogens (tertiary/aromatic N) is 4. The Morgan fingerprint density at radius 2 is 2.24 bits per heavy atom. The van der Waals surface area contributed by atoms with E-state index in [0.717, 1.165) is 16.8 Å². The van der Waals surface area contributed by atoms with E-state index in [4.69, 9.17) is 4.74 Å². The lowest BCUT2D eigenvalue weighted by molar-refractivity contribution is 0.398. The third-order valence-corrected chi connectivity index (χ3v) is 2.51. The minimum absolute atomic E-state index is 0.591. The fraction of sp³-hybridized carbons (Fsp3) is 0.0833. The summed E-state index contributed by atoms with van der Waals surface area (Å²) in [6.45, 7) is 0. The molecule has 0 aliphatic carbocycles. The molecule has 0 saturated heterocycles. The zero-order chi connectivity index (χ0) is 11.7. The van der Waals surface area contributed by atoms with Crippen LogP contribution in [0, 0.1) is 6.33 Å². The summed E-state index contributed by atoms with van der Waals surface area (Å²) in [5, 5.41) is 3.97. The number of hydrogen-bond acceptors (Lipinski definition) is 4. The van der Waals surface area contributed by atoms with E-state index in [1.54, 1.807) is 17.8 Å². The molecule has 0 aromatic carbocycles. The molecule has 0 fully saturated rings. The van der Waals surface area contributed by atoms with Gasteiger partial charge in [-0.1, -0.05) is 0 Å². The average molecular weight is 225 g/mol. The number of pyridine rings is 2. The largest absolute Gasteiger partial charge is 0.481 e. The van der Waals surface area contributed by atoms with E-state index in [-0.39, 0.29) is 0 Å². The van der Waals surface area contributed by atoms with E-state index in [0.29, 0.717) is 5.88 Å². The van der Waals surface area contributed by atoms with Crippen molar-refractivity contribution < 1.29 is 4.74 Å². The Kier molecular flexibility index (Phi) is 2.22. The summed E-state index contributed by atoms with van der Waals surface area (Å²) in [6.07, 6.45) is 6.17. The lowest BCUT2D eigenvalue weighted by Crippen LogP contribution is -1.91.